The van der Waals surface area contributed by atoms with Crippen LogP contribution in [0.2, 0.25) is 0 Å². The van der Waals surface area contributed by atoms with Gasteiger partial charge >= 0.3 is 0 Å². The lowest BCUT2D eigenvalue weighted by Gasteiger charge is -2.14. The van der Waals surface area contributed by atoms with Crippen LogP contribution in [0.25, 0.3) is 55.0 Å². The van der Waals surface area contributed by atoms with E-state index in [2.05, 4.69) is 49.3 Å². The fourth-order valence-corrected chi connectivity index (χ4v) is 6.27. The van der Waals surface area contributed by atoms with Gasteiger partial charge in [0.05, 0.1) is 21.8 Å². The Hall–Kier alpha value is -4.14. The monoisotopic (exact) mass is 518 g/mol. The predicted molar refractivity (Wildman–Crippen MR) is 152 cm³/mol. The van der Waals surface area contributed by atoms with Crippen LogP contribution in [-0.4, -0.2) is 48.9 Å². The molecule has 0 saturated carbocycles. The van der Waals surface area contributed by atoms with E-state index in [4.69, 9.17) is 4.98 Å². The highest BCUT2D eigenvalue weighted by Crippen LogP contribution is 2.37. The normalized spacial score (nSPS) is 14.1. The lowest BCUT2D eigenvalue weighted by Crippen LogP contribution is -2.18. The van der Waals surface area contributed by atoms with Crippen LogP contribution < -0.4 is 0 Å². The van der Waals surface area contributed by atoms with Gasteiger partial charge in [-0.05, 0) is 80.9 Å². The fraction of sp³-hybridized carbons (Fsp3) is 0.200. The second-order valence-electron chi connectivity index (χ2n) is 9.90. The first-order chi connectivity index (χ1) is 18.6. The number of aromatic nitrogens is 5. The number of pyridine rings is 2. The van der Waals surface area contributed by atoms with Gasteiger partial charge in [-0.1, -0.05) is 12.1 Å². The van der Waals surface area contributed by atoms with Crippen molar-refractivity contribution in [3.63, 3.8) is 0 Å². The number of H-pyrrole nitrogens is 2. The second kappa shape index (κ2) is 9.31. The Labute approximate surface area is 223 Å². The zero-order chi connectivity index (χ0) is 25.6. The summed E-state index contributed by atoms with van der Waals surface area (Å²) in [5.74, 6) is 0.0878. The van der Waals surface area contributed by atoms with E-state index in [1.165, 1.54) is 29.7 Å². The van der Waals surface area contributed by atoms with Crippen molar-refractivity contribution in [2.24, 2.45) is 0 Å². The summed E-state index contributed by atoms with van der Waals surface area (Å²) >= 11 is 1.52. The molecule has 1 aliphatic rings. The molecule has 188 valence electrons. The SMILES string of the molecule is CC(=O)c1ccc(-c2cccc3[nH]c(-c4n[nH]c5ccc(-c6cncc(CN7CCCC7)c6)nc45)cc23)s1. The first kappa shape index (κ1) is 23.0. The summed E-state index contributed by atoms with van der Waals surface area (Å²) in [7, 11) is 0. The summed E-state index contributed by atoms with van der Waals surface area (Å²) in [6.07, 6.45) is 6.39. The quantitative estimate of drug-likeness (QED) is 0.240. The smallest absolute Gasteiger partial charge is 0.169 e. The van der Waals surface area contributed by atoms with Gasteiger partial charge in [0.15, 0.2) is 5.78 Å². The van der Waals surface area contributed by atoms with Crippen LogP contribution in [0.5, 0.6) is 0 Å². The number of rotatable bonds is 6. The fourth-order valence-electron chi connectivity index (χ4n) is 5.33. The summed E-state index contributed by atoms with van der Waals surface area (Å²) in [5, 5.41) is 8.86. The van der Waals surface area contributed by atoms with Crippen molar-refractivity contribution in [3.8, 4) is 33.1 Å². The molecule has 6 aromatic rings. The highest BCUT2D eigenvalue weighted by atomic mass is 32.1. The second-order valence-corrected chi connectivity index (χ2v) is 11.0. The maximum absolute atomic E-state index is 11.8. The minimum atomic E-state index is 0.0878. The third-order valence-corrected chi connectivity index (χ3v) is 8.46. The summed E-state index contributed by atoms with van der Waals surface area (Å²) in [5.41, 5.74) is 8.58. The average molecular weight is 519 g/mol. The molecule has 0 aliphatic carbocycles. The topological polar surface area (TPSA) is 90.6 Å². The number of likely N-dealkylation sites (tertiary alicyclic amines) is 1. The average Bonchev–Trinajstić information content (AvgIpc) is 3.74. The van der Waals surface area contributed by atoms with Gasteiger partial charge in [-0.25, -0.2) is 4.98 Å². The van der Waals surface area contributed by atoms with Gasteiger partial charge < -0.3 is 4.98 Å². The van der Waals surface area contributed by atoms with Gasteiger partial charge in [-0.2, -0.15) is 5.10 Å². The Morgan fingerprint density at radius 3 is 2.76 bits per heavy atom. The number of thiophene rings is 1. The molecule has 2 N–H and O–H groups in total. The first-order valence-electron chi connectivity index (χ1n) is 12.9. The Kier molecular flexibility index (Phi) is 5.64. The number of carbonyl (C=O) groups is 1. The minimum Gasteiger partial charge on any atom is -0.353 e. The van der Waals surface area contributed by atoms with Crippen LogP contribution in [0, 0.1) is 0 Å². The number of aromatic amines is 2. The third kappa shape index (κ3) is 4.12. The van der Waals surface area contributed by atoms with Crippen molar-refractivity contribution in [2.45, 2.75) is 26.3 Å². The Balaban J connectivity index is 1.27. The number of ketones is 1. The van der Waals surface area contributed by atoms with Crippen molar-refractivity contribution in [1.82, 2.24) is 30.0 Å². The number of nitrogens with zero attached hydrogens (tertiary/aromatic N) is 4. The number of Topliss-reactive ketones (excluding diaryl/α,β-unsaturated/α-hetero) is 1. The number of nitrogens with one attached hydrogen (secondary N) is 2. The predicted octanol–water partition coefficient (Wildman–Crippen LogP) is 6.70. The molecule has 0 radical (unpaired) electrons. The van der Waals surface area contributed by atoms with E-state index in [1.54, 1.807) is 6.92 Å². The van der Waals surface area contributed by atoms with E-state index >= 15 is 0 Å². The molecule has 1 fully saturated rings. The molecule has 1 aromatic carbocycles. The van der Waals surface area contributed by atoms with Gasteiger partial charge in [0.25, 0.3) is 0 Å². The number of hydrogen-bond donors (Lipinski definition) is 2. The Morgan fingerprint density at radius 2 is 1.92 bits per heavy atom. The highest BCUT2D eigenvalue weighted by Gasteiger charge is 2.17. The number of benzene rings is 1. The molecule has 0 spiro atoms. The molecule has 1 saturated heterocycles. The van der Waals surface area contributed by atoms with E-state index in [-0.39, 0.29) is 5.78 Å². The molecule has 0 unspecified atom stereocenters. The van der Waals surface area contributed by atoms with Crippen LogP contribution >= 0.6 is 11.3 Å². The van der Waals surface area contributed by atoms with E-state index < -0.39 is 0 Å². The van der Waals surface area contributed by atoms with Crippen LogP contribution in [-0.2, 0) is 6.54 Å². The van der Waals surface area contributed by atoms with Crippen molar-refractivity contribution in [2.75, 3.05) is 13.1 Å². The molecular formula is C30H26N6OS. The summed E-state index contributed by atoms with van der Waals surface area (Å²) in [4.78, 5) is 29.2. The van der Waals surface area contributed by atoms with E-state index in [9.17, 15) is 4.79 Å². The van der Waals surface area contributed by atoms with Gasteiger partial charge in [0, 0.05) is 45.8 Å². The molecule has 7 rings (SSSR count). The standard InChI is InChI=1S/C30H26N6OS/c1-18(37)27-9-10-28(38-27)21-5-4-6-24-22(21)14-26(32-24)30-29-25(34-35-30)8-7-23(33-29)20-13-19(15-31-16-20)17-36-11-2-3-12-36/h4-10,13-16,32H,2-3,11-12,17H2,1H3,(H,34,35). The molecule has 1 aliphatic heterocycles. The Morgan fingerprint density at radius 1 is 1.03 bits per heavy atom. The van der Waals surface area contributed by atoms with Gasteiger partial charge in [-0.3, -0.25) is 19.8 Å². The molecule has 6 heterocycles. The van der Waals surface area contributed by atoms with Crippen LogP contribution in [0.15, 0.2) is 67.0 Å². The molecule has 0 atom stereocenters. The first-order valence-corrected chi connectivity index (χ1v) is 13.7. The van der Waals surface area contributed by atoms with Crippen molar-refractivity contribution < 1.29 is 4.79 Å². The largest absolute Gasteiger partial charge is 0.353 e. The maximum atomic E-state index is 11.8. The lowest BCUT2D eigenvalue weighted by molar-refractivity contribution is 0.102. The number of fused-ring (bicyclic) bond motifs is 2. The molecule has 0 amide bonds. The van der Waals surface area contributed by atoms with Crippen LogP contribution in [0.3, 0.4) is 0 Å². The number of carbonyl (C=O) groups excluding carboxylic acids is 1. The zero-order valence-electron chi connectivity index (χ0n) is 21.0. The van der Waals surface area contributed by atoms with E-state index in [0.29, 0.717) is 0 Å². The summed E-state index contributed by atoms with van der Waals surface area (Å²) < 4.78 is 0. The van der Waals surface area contributed by atoms with E-state index in [0.717, 1.165) is 79.5 Å². The molecule has 7 nitrogen and oxygen atoms in total. The lowest BCUT2D eigenvalue weighted by atomic mass is 10.1. The summed E-state index contributed by atoms with van der Waals surface area (Å²) in [6.45, 7) is 4.84. The molecule has 8 heteroatoms. The van der Waals surface area contributed by atoms with Gasteiger partial charge in [0.2, 0.25) is 0 Å². The highest BCUT2D eigenvalue weighted by molar-refractivity contribution is 7.17. The zero-order valence-corrected chi connectivity index (χ0v) is 21.8. The molecule has 0 bridgehead atoms. The summed E-state index contributed by atoms with van der Waals surface area (Å²) in [6, 6.07) is 18.5. The van der Waals surface area contributed by atoms with Crippen LogP contribution in [0.1, 0.15) is 35.0 Å². The van der Waals surface area contributed by atoms with Gasteiger partial charge in [-0.15, -0.1) is 11.3 Å². The number of hydrogen-bond acceptors (Lipinski definition) is 6. The molecule has 5 aromatic heterocycles. The maximum Gasteiger partial charge on any atom is 0.169 e. The van der Waals surface area contributed by atoms with Crippen molar-refractivity contribution in [1.29, 1.82) is 0 Å². The van der Waals surface area contributed by atoms with Crippen molar-refractivity contribution >= 4 is 39.1 Å². The van der Waals surface area contributed by atoms with E-state index in [1.807, 2.05) is 42.7 Å². The Bertz CT molecular complexity index is 1810. The minimum absolute atomic E-state index is 0.0878. The third-order valence-electron chi connectivity index (χ3n) is 7.24. The molecular weight excluding hydrogens is 492 g/mol. The van der Waals surface area contributed by atoms with Gasteiger partial charge in [0.1, 0.15) is 11.2 Å². The van der Waals surface area contributed by atoms with Crippen molar-refractivity contribution in [3.05, 3.63) is 77.4 Å². The van der Waals surface area contributed by atoms with Crippen LogP contribution in [0.4, 0.5) is 0 Å². The molecule has 38 heavy (non-hydrogen) atoms.